The topological polar surface area (TPSA) is 75.6 Å². The van der Waals surface area contributed by atoms with Crippen molar-refractivity contribution >= 4 is 11.9 Å². The molecular formula is C21H27NO4. The van der Waals surface area contributed by atoms with Crippen LogP contribution in [0.15, 0.2) is 24.3 Å². The third kappa shape index (κ3) is 2.68. The molecule has 5 heteroatoms. The van der Waals surface area contributed by atoms with Gasteiger partial charge < -0.3 is 15.2 Å². The number of carboxylic acid groups (broad SMARTS) is 1. The van der Waals surface area contributed by atoms with Crippen molar-refractivity contribution in [1.82, 2.24) is 5.32 Å². The first-order valence-electron chi connectivity index (χ1n) is 9.54. The molecule has 5 nitrogen and oxygen atoms in total. The van der Waals surface area contributed by atoms with Gasteiger partial charge in [-0.3, -0.25) is 9.59 Å². The largest absolute Gasteiger partial charge is 0.497 e. The number of rotatable bonds is 5. The maximum Gasteiger partial charge on any atom is 0.325 e. The van der Waals surface area contributed by atoms with Crippen molar-refractivity contribution in [2.45, 2.75) is 56.9 Å². The van der Waals surface area contributed by atoms with Gasteiger partial charge in [-0.25, -0.2) is 0 Å². The SMILES string of the molecule is COc1ccc(C23CC4CC(CC(C(=O)NC(C)C(=O)O)(C4)C2)C3)cc1. The molecule has 4 saturated carbocycles. The van der Waals surface area contributed by atoms with Gasteiger partial charge in [-0.05, 0) is 80.4 Å². The van der Waals surface area contributed by atoms with Gasteiger partial charge in [0.15, 0.2) is 0 Å². The van der Waals surface area contributed by atoms with Gasteiger partial charge in [0.25, 0.3) is 0 Å². The Morgan fingerprint density at radius 1 is 1.15 bits per heavy atom. The molecule has 0 saturated heterocycles. The monoisotopic (exact) mass is 357 g/mol. The molecule has 4 aliphatic rings. The van der Waals surface area contributed by atoms with Crippen molar-refractivity contribution in [1.29, 1.82) is 0 Å². The summed E-state index contributed by atoms with van der Waals surface area (Å²) >= 11 is 0. The molecule has 140 valence electrons. The maximum atomic E-state index is 13.1. The highest BCUT2D eigenvalue weighted by Crippen LogP contribution is 2.65. The number of ether oxygens (including phenoxy) is 1. The van der Waals surface area contributed by atoms with Crippen molar-refractivity contribution in [2.75, 3.05) is 7.11 Å². The Morgan fingerprint density at radius 2 is 1.77 bits per heavy atom. The van der Waals surface area contributed by atoms with Crippen molar-refractivity contribution < 1.29 is 19.4 Å². The summed E-state index contributed by atoms with van der Waals surface area (Å²) in [5, 5.41) is 11.9. The second-order valence-corrected chi connectivity index (χ2v) is 8.78. The highest BCUT2D eigenvalue weighted by atomic mass is 16.5. The van der Waals surface area contributed by atoms with E-state index in [0.29, 0.717) is 11.8 Å². The zero-order valence-electron chi connectivity index (χ0n) is 15.5. The molecule has 0 radical (unpaired) electrons. The number of carbonyl (C=O) groups is 2. The van der Waals surface area contributed by atoms with Crippen molar-refractivity contribution in [3.63, 3.8) is 0 Å². The number of carbonyl (C=O) groups excluding carboxylic acids is 1. The van der Waals surface area contributed by atoms with Gasteiger partial charge in [0.1, 0.15) is 11.8 Å². The minimum absolute atomic E-state index is 0.0418. The molecule has 5 rings (SSSR count). The number of aliphatic carboxylic acids is 1. The van der Waals surface area contributed by atoms with Crippen LogP contribution in [0.4, 0.5) is 0 Å². The van der Waals surface area contributed by atoms with E-state index in [1.165, 1.54) is 12.0 Å². The molecule has 4 aliphatic carbocycles. The van der Waals surface area contributed by atoms with Crippen LogP contribution in [-0.2, 0) is 15.0 Å². The predicted molar refractivity (Wildman–Crippen MR) is 97.0 cm³/mol. The second kappa shape index (κ2) is 6.00. The average Bonchev–Trinajstić information content (AvgIpc) is 2.60. The van der Waals surface area contributed by atoms with Crippen LogP contribution in [0.3, 0.4) is 0 Å². The highest BCUT2D eigenvalue weighted by molar-refractivity contribution is 5.87. The van der Waals surface area contributed by atoms with E-state index in [1.54, 1.807) is 14.0 Å². The number of hydrogen-bond donors (Lipinski definition) is 2. The fourth-order valence-electron chi connectivity index (χ4n) is 6.22. The van der Waals surface area contributed by atoms with E-state index in [2.05, 4.69) is 17.4 Å². The first-order valence-corrected chi connectivity index (χ1v) is 9.54. The number of benzene rings is 1. The summed E-state index contributed by atoms with van der Waals surface area (Å²) in [7, 11) is 1.67. The van der Waals surface area contributed by atoms with Crippen LogP contribution in [0, 0.1) is 17.3 Å². The molecule has 2 N–H and O–H groups in total. The summed E-state index contributed by atoms with van der Waals surface area (Å²) in [5.41, 5.74) is 0.935. The number of carboxylic acids is 1. The zero-order chi connectivity index (χ0) is 18.5. The summed E-state index contributed by atoms with van der Waals surface area (Å²) in [4.78, 5) is 24.3. The number of nitrogens with one attached hydrogen (secondary N) is 1. The van der Waals surface area contributed by atoms with Gasteiger partial charge in [-0.1, -0.05) is 12.1 Å². The summed E-state index contributed by atoms with van der Waals surface area (Å²) < 4.78 is 5.29. The molecule has 4 fully saturated rings. The van der Waals surface area contributed by atoms with Crippen molar-refractivity contribution in [3.05, 3.63) is 29.8 Å². The zero-order valence-corrected chi connectivity index (χ0v) is 15.5. The smallest absolute Gasteiger partial charge is 0.325 e. The Morgan fingerprint density at radius 3 is 2.31 bits per heavy atom. The molecule has 0 spiro atoms. The van der Waals surface area contributed by atoms with Crippen molar-refractivity contribution in [3.8, 4) is 5.75 Å². The summed E-state index contributed by atoms with van der Waals surface area (Å²) in [6.45, 7) is 1.54. The van der Waals surface area contributed by atoms with Gasteiger partial charge in [0.05, 0.1) is 12.5 Å². The Bertz CT molecular complexity index is 712. The minimum Gasteiger partial charge on any atom is -0.497 e. The summed E-state index contributed by atoms with van der Waals surface area (Å²) in [6, 6.07) is 7.47. The van der Waals surface area contributed by atoms with Crippen LogP contribution in [0.25, 0.3) is 0 Å². The van der Waals surface area contributed by atoms with E-state index in [0.717, 1.165) is 37.9 Å². The fourth-order valence-corrected chi connectivity index (χ4v) is 6.22. The maximum absolute atomic E-state index is 13.1. The predicted octanol–water partition coefficient (Wildman–Crippen LogP) is 3.12. The van der Waals surface area contributed by atoms with Gasteiger partial charge in [0.2, 0.25) is 5.91 Å². The van der Waals surface area contributed by atoms with Gasteiger partial charge in [0, 0.05) is 0 Å². The van der Waals surface area contributed by atoms with Crippen LogP contribution in [0.5, 0.6) is 5.75 Å². The molecule has 1 aromatic rings. The molecule has 4 bridgehead atoms. The van der Waals surface area contributed by atoms with Crippen LogP contribution >= 0.6 is 0 Å². The van der Waals surface area contributed by atoms with Crippen molar-refractivity contribution in [2.24, 2.45) is 17.3 Å². The number of hydrogen-bond acceptors (Lipinski definition) is 3. The normalized spacial score (nSPS) is 35.8. The average molecular weight is 357 g/mol. The van der Waals surface area contributed by atoms with E-state index in [-0.39, 0.29) is 11.3 Å². The fraction of sp³-hybridized carbons (Fsp3) is 0.619. The summed E-state index contributed by atoms with van der Waals surface area (Å²) in [6.07, 6.45) is 6.12. The lowest BCUT2D eigenvalue weighted by molar-refractivity contribution is -0.153. The van der Waals surface area contributed by atoms with E-state index >= 15 is 0 Å². The Balaban J connectivity index is 1.64. The van der Waals surface area contributed by atoms with Crippen LogP contribution < -0.4 is 10.1 Å². The molecule has 1 amide bonds. The van der Waals surface area contributed by atoms with Gasteiger partial charge >= 0.3 is 5.97 Å². The van der Waals surface area contributed by atoms with Gasteiger partial charge in [-0.2, -0.15) is 0 Å². The standard InChI is InChI=1S/C21H27NO4/c1-13(18(23)24)22-19(25)21-10-14-7-15(11-21)9-20(8-14,12-21)16-3-5-17(26-2)6-4-16/h3-6,13-15H,7-12H2,1-2H3,(H,22,25)(H,23,24). The first kappa shape index (κ1) is 17.4. The Labute approximate surface area is 154 Å². The molecule has 1 aromatic carbocycles. The quantitative estimate of drug-likeness (QED) is 0.849. The molecule has 0 heterocycles. The van der Waals surface area contributed by atoms with E-state index in [9.17, 15) is 9.59 Å². The third-order valence-electron chi connectivity index (χ3n) is 6.96. The Kier molecular flexibility index (Phi) is 4.01. The molecule has 26 heavy (non-hydrogen) atoms. The van der Waals surface area contributed by atoms with Crippen LogP contribution in [0.2, 0.25) is 0 Å². The lowest BCUT2D eigenvalue weighted by Crippen LogP contribution is -2.60. The molecular weight excluding hydrogens is 330 g/mol. The van der Waals surface area contributed by atoms with E-state index in [4.69, 9.17) is 9.84 Å². The number of methoxy groups -OCH3 is 1. The second-order valence-electron chi connectivity index (χ2n) is 8.78. The molecule has 3 atom stereocenters. The molecule has 0 aliphatic heterocycles. The van der Waals surface area contributed by atoms with E-state index < -0.39 is 17.4 Å². The number of amides is 1. The molecule has 0 aromatic heterocycles. The summed E-state index contributed by atoms with van der Waals surface area (Å²) in [5.74, 6) is 0.932. The van der Waals surface area contributed by atoms with E-state index in [1.807, 2.05) is 12.1 Å². The molecule has 3 unspecified atom stereocenters. The van der Waals surface area contributed by atoms with Gasteiger partial charge in [-0.15, -0.1) is 0 Å². The van der Waals surface area contributed by atoms with Crippen LogP contribution in [-0.4, -0.2) is 30.1 Å². The first-order chi connectivity index (χ1) is 12.4. The van der Waals surface area contributed by atoms with Crippen LogP contribution in [0.1, 0.15) is 51.0 Å². The minimum atomic E-state index is -0.979. The lowest BCUT2D eigenvalue weighted by atomic mass is 9.42. The Hall–Kier alpha value is -2.04. The highest BCUT2D eigenvalue weighted by Gasteiger charge is 2.61. The third-order valence-corrected chi connectivity index (χ3v) is 6.96. The lowest BCUT2D eigenvalue weighted by Gasteiger charge is -2.61.